The molecule has 0 bridgehead atoms. The van der Waals surface area contributed by atoms with Crippen molar-refractivity contribution in [2.45, 2.75) is 40.2 Å². The second-order valence-electron chi connectivity index (χ2n) is 5.92. The molecule has 0 spiro atoms. The lowest BCUT2D eigenvalue weighted by molar-refractivity contribution is 0.748. The summed E-state index contributed by atoms with van der Waals surface area (Å²) in [7, 11) is 0. The molecule has 0 radical (unpaired) electrons. The van der Waals surface area contributed by atoms with Crippen LogP contribution in [0.2, 0.25) is 5.02 Å². The van der Waals surface area contributed by atoms with Gasteiger partial charge >= 0.3 is 0 Å². The Balaban J connectivity index is 2.28. The zero-order chi connectivity index (χ0) is 16.3. The van der Waals surface area contributed by atoms with Gasteiger partial charge in [-0.25, -0.2) is 0 Å². The summed E-state index contributed by atoms with van der Waals surface area (Å²) in [5.41, 5.74) is 7.08. The summed E-state index contributed by atoms with van der Waals surface area (Å²) in [6, 6.07) is 13.0. The molecule has 1 atom stereocenters. The second kappa shape index (κ2) is 7.02. The molecule has 0 aliphatic heterocycles. The molecule has 1 nitrogen and oxygen atoms in total. The van der Waals surface area contributed by atoms with E-state index in [0.29, 0.717) is 0 Å². The minimum Gasteiger partial charge on any atom is -0.378 e. The Morgan fingerprint density at radius 3 is 2.45 bits per heavy atom. The third kappa shape index (κ3) is 3.72. The first-order valence-corrected chi connectivity index (χ1v) is 8.09. The molecule has 116 valence electrons. The van der Waals surface area contributed by atoms with Crippen molar-refractivity contribution in [1.29, 1.82) is 0 Å². The maximum absolute atomic E-state index is 6.13. The number of halogens is 1. The van der Waals surface area contributed by atoms with E-state index in [2.05, 4.69) is 56.1 Å². The molecule has 1 N–H and O–H groups in total. The van der Waals surface area contributed by atoms with Crippen molar-refractivity contribution in [2.75, 3.05) is 5.32 Å². The fourth-order valence-corrected chi connectivity index (χ4v) is 2.80. The molecular weight excluding hydrogens is 290 g/mol. The number of anilines is 1. The van der Waals surface area contributed by atoms with Gasteiger partial charge in [-0.2, -0.15) is 0 Å². The van der Waals surface area contributed by atoms with E-state index >= 15 is 0 Å². The number of benzene rings is 2. The molecule has 0 fully saturated rings. The maximum Gasteiger partial charge on any atom is 0.0511 e. The third-order valence-corrected chi connectivity index (χ3v) is 4.45. The predicted octanol–water partition coefficient (Wildman–Crippen LogP) is 6.55. The lowest BCUT2D eigenvalue weighted by Gasteiger charge is -2.20. The smallest absolute Gasteiger partial charge is 0.0511 e. The van der Waals surface area contributed by atoms with E-state index in [-0.39, 0.29) is 6.04 Å². The number of hydrogen-bond donors (Lipinski definition) is 1. The third-order valence-electron chi connectivity index (χ3n) is 4.03. The number of nitrogens with one attached hydrogen (secondary N) is 1. The molecule has 2 aromatic rings. The Hall–Kier alpha value is -1.73. The molecule has 2 rings (SSSR count). The van der Waals surface area contributed by atoms with Crippen LogP contribution < -0.4 is 5.32 Å². The number of rotatable bonds is 5. The molecule has 0 amide bonds. The van der Waals surface area contributed by atoms with Gasteiger partial charge in [0.1, 0.15) is 0 Å². The molecule has 1 unspecified atom stereocenters. The van der Waals surface area contributed by atoms with E-state index in [9.17, 15) is 0 Å². The maximum atomic E-state index is 6.13. The van der Waals surface area contributed by atoms with Crippen LogP contribution in [0.1, 0.15) is 48.6 Å². The largest absolute Gasteiger partial charge is 0.378 e. The van der Waals surface area contributed by atoms with Gasteiger partial charge in [-0.05, 0) is 67.6 Å². The predicted molar refractivity (Wildman–Crippen MR) is 98.7 cm³/mol. The molecule has 2 heteroatoms. The fourth-order valence-electron chi connectivity index (χ4n) is 2.68. The molecular formula is C20H24ClN. The molecule has 0 heterocycles. The monoisotopic (exact) mass is 313 g/mol. The average Bonchev–Trinajstić information content (AvgIpc) is 2.49. The van der Waals surface area contributed by atoms with E-state index in [0.717, 1.165) is 28.3 Å². The zero-order valence-corrected chi connectivity index (χ0v) is 14.6. The first-order chi connectivity index (χ1) is 10.4. The van der Waals surface area contributed by atoms with Crippen LogP contribution in [-0.4, -0.2) is 0 Å². The van der Waals surface area contributed by atoms with Crippen LogP contribution in [0.4, 0.5) is 5.69 Å². The summed E-state index contributed by atoms with van der Waals surface area (Å²) >= 11 is 6.13. The fraction of sp³-hybridized carbons (Fsp3) is 0.300. The van der Waals surface area contributed by atoms with Crippen LogP contribution in [0.3, 0.4) is 0 Å². The van der Waals surface area contributed by atoms with Crippen molar-refractivity contribution in [3.05, 3.63) is 70.3 Å². The minimum atomic E-state index is 0.275. The Bertz CT molecular complexity index is 688. The highest BCUT2D eigenvalue weighted by Gasteiger charge is 2.11. The van der Waals surface area contributed by atoms with E-state index in [1.165, 1.54) is 16.7 Å². The Morgan fingerprint density at radius 1 is 1.14 bits per heavy atom. The second-order valence-corrected chi connectivity index (χ2v) is 6.33. The summed E-state index contributed by atoms with van der Waals surface area (Å²) in [6.07, 6.45) is 1.01. The quantitative estimate of drug-likeness (QED) is 0.659. The first kappa shape index (κ1) is 16.6. The highest BCUT2D eigenvalue weighted by atomic mass is 35.5. The summed E-state index contributed by atoms with van der Waals surface area (Å²) in [5.74, 6) is 0. The lowest BCUT2D eigenvalue weighted by Crippen LogP contribution is -2.10. The molecule has 0 aliphatic carbocycles. The van der Waals surface area contributed by atoms with Crippen molar-refractivity contribution < 1.29 is 0 Å². The van der Waals surface area contributed by atoms with Gasteiger partial charge in [0.05, 0.1) is 6.04 Å². The van der Waals surface area contributed by atoms with Crippen molar-refractivity contribution in [3.8, 4) is 0 Å². The standard InChI is InChI=1S/C20H24ClN/c1-6-20(16-8-10-19(21)15(5)11-16)22-17-9-7-14(4)18(12-17)13(2)3/h7-12,20,22H,2,6H2,1,3-5H3. The Kier molecular flexibility index (Phi) is 5.31. The van der Waals surface area contributed by atoms with Crippen LogP contribution >= 0.6 is 11.6 Å². The van der Waals surface area contributed by atoms with Crippen LogP contribution in [0.25, 0.3) is 5.57 Å². The minimum absolute atomic E-state index is 0.275. The van der Waals surface area contributed by atoms with Gasteiger partial charge in [0, 0.05) is 10.7 Å². The van der Waals surface area contributed by atoms with Crippen molar-refractivity contribution in [3.63, 3.8) is 0 Å². The van der Waals surface area contributed by atoms with Gasteiger partial charge in [-0.15, -0.1) is 0 Å². The number of hydrogen-bond acceptors (Lipinski definition) is 1. The topological polar surface area (TPSA) is 12.0 Å². The molecule has 0 saturated carbocycles. The van der Waals surface area contributed by atoms with Crippen molar-refractivity contribution in [1.82, 2.24) is 0 Å². The van der Waals surface area contributed by atoms with Gasteiger partial charge in [0.2, 0.25) is 0 Å². The SMILES string of the molecule is C=C(C)c1cc(NC(CC)c2ccc(Cl)c(C)c2)ccc1C. The first-order valence-electron chi connectivity index (χ1n) is 7.71. The molecule has 0 aromatic heterocycles. The molecule has 0 saturated heterocycles. The molecule has 0 aliphatic rings. The highest BCUT2D eigenvalue weighted by molar-refractivity contribution is 6.31. The van der Waals surface area contributed by atoms with E-state index in [4.69, 9.17) is 11.6 Å². The van der Waals surface area contributed by atoms with Crippen molar-refractivity contribution in [2.24, 2.45) is 0 Å². The van der Waals surface area contributed by atoms with Gasteiger partial charge in [0.25, 0.3) is 0 Å². The van der Waals surface area contributed by atoms with E-state index in [1.54, 1.807) is 0 Å². The normalized spacial score (nSPS) is 12.0. The summed E-state index contributed by atoms with van der Waals surface area (Å²) in [6.45, 7) is 12.5. The summed E-state index contributed by atoms with van der Waals surface area (Å²) < 4.78 is 0. The summed E-state index contributed by atoms with van der Waals surface area (Å²) in [5, 5.41) is 4.45. The number of aryl methyl sites for hydroxylation is 2. The van der Waals surface area contributed by atoms with Crippen LogP contribution in [0.5, 0.6) is 0 Å². The Labute approximate surface area is 139 Å². The number of allylic oxidation sites excluding steroid dienone is 1. The van der Waals surface area contributed by atoms with E-state index < -0.39 is 0 Å². The van der Waals surface area contributed by atoms with Gasteiger partial charge in [-0.3, -0.25) is 0 Å². The average molecular weight is 314 g/mol. The summed E-state index contributed by atoms with van der Waals surface area (Å²) in [4.78, 5) is 0. The van der Waals surface area contributed by atoms with Gasteiger partial charge < -0.3 is 5.32 Å². The lowest BCUT2D eigenvalue weighted by atomic mass is 9.99. The van der Waals surface area contributed by atoms with Gasteiger partial charge in [0.15, 0.2) is 0 Å². The van der Waals surface area contributed by atoms with Crippen LogP contribution in [0.15, 0.2) is 43.0 Å². The highest BCUT2D eigenvalue weighted by Crippen LogP contribution is 2.28. The van der Waals surface area contributed by atoms with Gasteiger partial charge in [-0.1, -0.05) is 48.9 Å². The Morgan fingerprint density at radius 2 is 1.86 bits per heavy atom. The van der Waals surface area contributed by atoms with E-state index in [1.807, 2.05) is 19.9 Å². The zero-order valence-electron chi connectivity index (χ0n) is 13.8. The molecule has 2 aromatic carbocycles. The molecule has 22 heavy (non-hydrogen) atoms. The van der Waals surface area contributed by atoms with Crippen molar-refractivity contribution >= 4 is 22.9 Å². The van der Waals surface area contributed by atoms with Crippen LogP contribution in [0, 0.1) is 13.8 Å². The van der Waals surface area contributed by atoms with Crippen LogP contribution in [-0.2, 0) is 0 Å².